The fourth-order valence-electron chi connectivity index (χ4n) is 1.46. The molecule has 0 aliphatic heterocycles. The normalized spacial score (nSPS) is 21.1. The largest absolute Gasteiger partial charge is 0.486 e. The van der Waals surface area contributed by atoms with Gasteiger partial charge < -0.3 is 9.84 Å². The molecule has 1 aliphatic rings. The number of alkyl halides is 3. The van der Waals surface area contributed by atoms with E-state index in [-0.39, 0.29) is 12.2 Å². The summed E-state index contributed by atoms with van der Waals surface area (Å²) in [5.74, 6) is -1.60. The van der Waals surface area contributed by atoms with Gasteiger partial charge in [-0.25, -0.2) is 4.79 Å². The van der Waals surface area contributed by atoms with Gasteiger partial charge in [-0.3, -0.25) is 0 Å². The minimum absolute atomic E-state index is 0.0681. The summed E-state index contributed by atoms with van der Waals surface area (Å²) in [4.78, 5) is 10.2. The highest BCUT2D eigenvalue weighted by atomic mass is 19.4. The first-order valence-electron chi connectivity index (χ1n) is 4.63. The second-order valence-corrected chi connectivity index (χ2v) is 3.54. The van der Waals surface area contributed by atoms with Crippen molar-refractivity contribution in [2.24, 2.45) is 5.92 Å². The predicted molar refractivity (Wildman–Crippen MR) is 49.6 cm³/mol. The molecular weight excluding hydrogens is 225 g/mol. The topological polar surface area (TPSA) is 46.5 Å². The van der Waals surface area contributed by atoms with Gasteiger partial charge in [-0.1, -0.05) is 13.0 Å². The molecule has 0 aromatic heterocycles. The summed E-state index contributed by atoms with van der Waals surface area (Å²) in [7, 11) is 0. The number of halogens is 3. The van der Waals surface area contributed by atoms with Crippen molar-refractivity contribution < 1.29 is 27.8 Å². The van der Waals surface area contributed by atoms with E-state index < -0.39 is 30.2 Å². The lowest BCUT2D eigenvalue weighted by Crippen LogP contribution is -2.21. The summed E-state index contributed by atoms with van der Waals surface area (Å²) in [6.45, 7) is 0.893. The monoisotopic (exact) mass is 236 g/mol. The first-order chi connectivity index (χ1) is 7.30. The fourth-order valence-corrected chi connectivity index (χ4v) is 1.46. The highest BCUT2D eigenvalue weighted by molar-refractivity contribution is 5.68. The molecule has 1 atom stereocenters. The van der Waals surface area contributed by atoms with Gasteiger partial charge in [-0.2, -0.15) is 13.2 Å². The van der Waals surface area contributed by atoms with Crippen molar-refractivity contribution in [3.05, 3.63) is 23.5 Å². The highest BCUT2D eigenvalue weighted by Crippen LogP contribution is 2.36. The zero-order valence-corrected chi connectivity index (χ0v) is 8.54. The molecule has 1 N–H and O–H groups in total. The van der Waals surface area contributed by atoms with Gasteiger partial charge in [0.25, 0.3) is 0 Å². The first kappa shape index (κ1) is 12.6. The minimum Gasteiger partial charge on any atom is -0.486 e. The number of carboxylic acids is 1. The maximum Gasteiger partial charge on any atom is 0.412 e. The molecular formula is C10H11F3O3. The molecule has 1 unspecified atom stereocenters. The smallest absolute Gasteiger partial charge is 0.412 e. The van der Waals surface area contributed by atoms with E-state index >= 15 is 0 Å². The quantitative estimate of drug-likeness (QED) is 0.818. The maximum absolute atomic E-state index is 12.4. The van der Waals surface area contributed by atoms with Crippen molar-refractivity contribution in [3.8, 4) is 0 Å². The number of allylic oxidation sites excluding steroid dienone is 4. The van der Waals surface area contributed by atoms with Crippen LogP contribution in [-0.2, 0) is 9.53 Å². The Morgan fingerprint density at radius 2 is 2.19 bits per heavy atom. The van der Waals surface area contributed by atoms with Crippen LogP contribution in [-0.4, -0.2) is 23.9 Å². The molecule has 0 saturated heterocycles. The third-order valence-corrected chi connectivity index (χ3v) is 2.20. The van der Waals surface area contributed by atoms with Gasteiger partial charge in [0.2, 0.25) is 0 Å². The molecule has 16 heavy (non-hydrogen) atoms. The molecule has 0 spiro atoms. The lowest BCUT2D eigenvalue weighted by Gasteiger charge is -2.23. The van der Waals surface area contributed by atoms with Crippen LogP contribution >= 0.6 is 0 Å². The molecule has 0 aromatic rings. The molecule has 0 amide bonds. The van der Waals surface area contributed by atoms with Gasteiger partial charge in [0.15, 0.2) is 6.61 Å². The third kappa shape index (κ3) is 3.29. The SMILES string of the molecule is CC1CC(OCC(=O)O)=CC=C1C(F)(F)F. The van der Waals surface area contributed by atoms with E-state index in [9.17, 15) is 18.0 Å². The number of carboxylic acid groups (broad SMARTS) is 1. The maximum atomic E-state index is 12.4. The molecule has 3 nitrogen and oxygen atoms in total. The number of ether oxygens (including phenoxy) is 1. The van der Waals surface area contributed by atoms with Gasteiger partial charge in [0.05, 0.1) is 5.76 Å². The molecule has 0 aromatic carbocycles. The van der Waals surface area contributed by atoms with E-state index in [0.717, 1.165) is 6.08 Å². The van der Waals surface area contributed by atoms with Gasteiger partial charge >= 0.3 is 12.1 Å². The molecule has 6 heteroatoms. The molecule has 1 rings (SSSR count). The van der Waals surface area contributed by atoms with Crippen LogP contribution < -0.4 is 0 Å². The van der Waals surface area contributed by atoms with Crippen LogP contribution in [0.1, 0.15) is 13.3 Å². The van der Waals surface area contributed by atoms with Crippen molar-refractivity contribution in [1.29, 1.82) is 0 Å². The Balaban J connectivity index is 2.71. The van der Waals surface area contributed by atoms with Crippen LogP contribution in [0.5, 0.6) is 0 Å². The summed E-state index contributed by atoms with van der Waals surface area (Å²) in [6, 6.07) is 0. The Morgan fingerprint density at radius 1 is 1.56 bits per heavy atom. The number of rotatable bonds is 3. The second kappa shape index (κ2) is 4.59. The van der Waals surface area contributed by atoms with E-state index in [2.05, 4.69) is 0 Å². The van der Waals surface area contributed by atoms with E-state index in [1.165, 1.54) is 13.0 Å². The van der Waals surface area contributed by atoms with Gasteiger partial charge in [0.1, 0.15) is 0 Å². The van der Waals surface area contributed by atoms with Crippen molar-refractivity contribution in [1.82, 2.24) is 0 Å². The van der Waals surface area contributed by atoms with Crippen LogP contribution in [0.3, 0.4) is 0 Å². The zero-order valence-electron chi connectivity index (χ0n) is 8.54. The summed E-state index contributed by atoms with van der Waals surface area (Å²) in [5.41, 5.74) is -0.616. The fraction of sp³-hybridized carbons (Fsp3) is 0.500. The zero-order chi connectivity index (χ0) is 12.3. The summed E-state index contributed by atoms with van der Waals surface area (Å²) in [6.07, 6.45) is -2.16. The molecule has 0 fully saturated rings. The number of hydrogen-bond acceptors (Lipinski definition) is 2. The third-order valence-electron chi connectivity index (χ3n) is 2.20. The molecule has 0 heterocycles. The second-order valence-electron chi connectivity index (χ2n) is 3.54. The minimum atomic E-state index is -4.34. The molecule has 0 saturated carbocycles. The average Bonchev–Trinajstić information content (AvgIpc) is 2.12. The Bertz CT molecular complexity index is 342. The molecule has 1 aliphatic carbocycles. The van der Waals surface area contributed by atoms with E-state index in [4.69, 9.17) is 9.84 Å². The van der Waals surface area contributed by atoms with Crippen LogP contribution in [0.25, 0.3) is 0 Å². The van der Waals surface area contributed by atoms with Crippen LogP contribution in [0.15, 0.2) is 23.5 Å². The number of carbonyl (C=O) groups is 1. The van der Waals surface area contributed by atoms with Crippen molar-refractivity contribution in [2.75, 3.05) is 6.61 Å². The Morgan fingerprint density at radius 3 is 2.62 bits per heavy atom. The van der Waals surface area contributed by atoms with Crippen molar-refractivity contribution >= 4 is 5.97 Å². The van der Waals surface area contributed by atoms with Gasteiger partial charge in [-0.05, 0) is 12.0 Å². The highest BCUT2D eigenvalue weighted by Gasteiger charge is 2.38. The van der Waals surface area contributed by atoms with Crippen LogP contribution in [0, 0.1) is 5.92 Å². The van der Waals surface area contributed by atoms with Gasteiger partial charge in [-0.15, -0.1) is 0 Å². The number of aliphatic carboxylic acids is 1. The number of hydrogen-bond donors (Lipinski definition) is 1. The first-order valence-corrected chi connectivity index (χ1v) is 4.63. The lowest BCUT2D eigenvalue weighted by atomic mass is 9.92. The average molecular weight is 236 g/mol. The standard InChI is InChI=1S/C10H11F3O3/c1-6-4-7(16-5-9(14)15)2-3-8(6)10(11,12)13/h2-3,6H,4-5H2,1H3,(H,14,15). The summed E-state index contributed by atoms with van der Waals surface area (Å²) in [5, 5.41) is 8.34. The Labute approximate surface area is 90.2 Å². The van der Waals surface area contributed by atoms with Crippen molar-refractivity contribution in [2.45, 2.75) is 19.5 Å². The lowest BCUT2D eigenvalue weighted by molar-refractivity contribution is -0.141. The molecule has 90 valence electrons. The predicted octanol–water partition coefficient (Wildman–Crippen LogP) is 2.50. The summed E-state index contributed by atoms with van der Waals surface area (Å²) < 4.78 is 42.0. The van der Waals surface area contributed by atoms with Crippen LogP contribution in [0.2, 0.25) is 0 Å². The molecule has 0 radical (unpaired) electrons. The van der Waals surface area contributed by atoms with E-state index in [1.54, 1.807) is 0 Å². The van der Waals surface area contributed by atoms with E-state index in [1.807, 2.05) is 0 Å². The summed E-state index contributed by atoms with van der Waals surface area (Å²) >= 11 is 0. The van der Waals surface area contributed by atoms with Crippen LogP contribution in [0.4, 0.5) is 13.2 Å². The van der Waals surface area contributed by atoms with Gasteiger partial charge in [0, 0.05) is 12.0 Å². The Kier molecular flexibility index (Phi) is 3.62. The Hall–Kier alpha value is -1.46. The van der Waals surface area contributed by atoms with Crippen molar-refractivity contribution in [3.63, 3.8) is 0 Å². The molecule has 0 bridgehead atoms. The van der Waals surface area contributed by atoms with E-state index in [0.29, 0.717) is 0 Å².